The zero-order valence-electron chi connectivity index (χ0n) is 42.3. The SMILES string of the molecule is CC(C)(C)OC(=O)N1C[C@H](F)C[C@H]1C(=O)O.COC(=O)c1cnc(CCC(=O)C2C[C@@H](F)CN2C(=O)OC(C)(C)C)cc1-c1ccc(C(F)(F)F)nc1.COC(=O)c1cnc(CN)cc1-c1ccc(C(F)(F)F)nc1.Cl. The van der Waals surface area contributed by atoms with Crippen LogP contribution in [0.3, 0.4) is 0 Å². The van der Waals surface area contributed by atoms with Crippen molar-refractivity contribution in [1.82, 2.24) is 29.7 Å². The zero-order chi connectivity index (χ0) is 56.4. The quantitative estimate of drug-likeness (QED) is 0.0854. The van der Waals surface area contributed by atoms with Crippen molar-refractivity contribution in [3.05, 3.63) is 95.1 Å². The first-order chi connectivity index (χ1) is 34.8. The molecule has 0 spiro atoms. The molecule has 6 heterocycles. The van der Waals surface area contributed by atoms with Crippen LogP contribution in [-0.2, 0) is 53.9 Å². The van der Waals surface area contributed by atoms with Gasteiger partial charge < -0.3 is 29.8 Å². The Bertz CT molecular complexity index is 2690. The second-order valence-electron chi connectivity index (χ2n) is 18.8. The number of carbonyl (C=O) groups excluding carboxylic acids is 5. The first kappa shape index (κ1) is 63.2. The number of hydrogen-bond donors (Lipinski definition) is 2. The number of esters is 2. The third-order valence-corrected chi connectivity index (χ3v) is 10.7. The number of aryl methyl sites for hydroxylation is 1. The largest absolute Gasteiger partial charge is 0.480 e. The summed E-state index contributed by atoms with van der Waals surface area (Å²) in [4.78, 5) is 88.7. The van der Waals surface area contributed by atoms with Crippen molar-refractivity contribution in [2.24, 2.45) is 5.73 Å². The molecular formula is C49H56ClF8N7O11. The van der Waals surface area contributed by atoms with E-state index in [-0.39, 0.29) is 85.8 Å². The molecule has 2 aliphatic heterocycles. The van der Waals surface area contributed by atoms with Gasteiger partial charge in [0.25, 0.3) is 0 Å². The number of nitrogens with two attached hydrogens (primary N) is 1. The van der Waals surface area contributed by atoms with Crippen LogP contribution in [0.15, 0.2) is 61.2 Å². The molecule has 2 fully saturated rings. The summed E-state index contributed by atoms with van der Waals surface area (Å²) in [6.07, 6.45) is -9.17. The monoisotopic (exact) mass is 1110 g/mol. The van der Waals surface area contributed by atoms with Crippen molar-refractivity contribution in [1.29, 1.82) is 0 Å². The van der Waals surface area contributed by atoms with E-state index >= 15 is 0 Å². The highest BCUT2D eigenvalue weighted by Gasteiger charge is 2.43. The summed E-state index contributed by atoms with van der Waals surface area (Å²) in [5, 5.41) is 8.83. The maximum Gasteiger partial charge on any atom is 0.433 e. The molecule has 0 radical (unpaired) electrons. The number of methoxy groups -OCH3 is 2. The number of rotatable bonds is 10. The third kappa shape index (κ3) is 17.8. The number of carboxylic acid groups (broad SMARTS) is 1. The number of hydrogen-bond acceptors (Lipinski definition) is 15. The lowest BCUT2D eigenvalue weighted by atomic mass is 9.99. The van der Waals surface area contributed by atoms with E-state index in [1.165, 1.54) is 43.8 Å². The van der Waals surface area contributed by atoms with E-state index in [0.717, 1.165) is 41.4 Å². The highest BCUT2D eigenvalue weighted by atomic mass is 35.5. The van der Waals surface area contributed by atoms with Gasteiger partial charge in [0.05, 0.1) is 50.2 Å². The summed E-state index contributed by atoms with van der Waals surface area (Å²) in [6, 6.07) is 4.92. The number of aromatic nitrogens is 4. The number of halogens is 9. The molecule has 0 aromatic carbocycles. The number of carboxylic acids is 1. The van der Waals surface area contributed by atoms with Gasteiger partial charge in [-0.05, 0) is 72.2 Å². The van der Waals surface area contributed by atoms with Gasteiger partial charge in [0.1, 0.15) is 41.0 Å². The van der Waals surface area contributed by atoms with Crippen molar-refractivity contribution in [2.75, 3.05) is 27.3 Å². The van der Waals surface area contributed by atoms with E-state index in [9.17, 15) is 63.9 Å². The summed E-state index contributed by atoms with van der Waals surface area (Å²) in [5.74, 6) is -2.99. The van der Waals surface area contributed by atoms with Gasteiger partial charge in [0, 0.05) is 78.5 Å². The maximum atomic E-state index is 14.1. The lowest BCUT2D eigenvalue weighted by Crippen LogP contribution is -2.43. The molecule has 2 aliphatic rings. The lowest BCUT2D eigenvalue weighted by Gasteiger charge is -2.27. The van der Waals surface area contributed by atoms with Crippen LogP contribution in [0.4, 0.5) is 44.7 Å². The maximum absolute atomic E-state index is 14.1. The average molecular weight is 1110 g/mol. The van der Waals surface area contributed by atoms with Gasteiger partial charge >= 0.3 is 42.4 Å². The second-order valence-corrected chi connectivity index (χ2v) is 18.8. The van der Waals surface area contributed by atoms with Crippen molar-refractivity contribution >= 4 is 48.3 Å². The Labute approximate surface area is 437 Å². The fourth-order valence-electron chi connectivity index (χ4n) is 7.28. The highest BCUT2D eigenvalue weighted by molar-refractivity contribution is 5.98. The van der Waals surface area contributed by atoms with Gasteiger partial charge in [0.15, 0.2) is 5.78 Å². The van der Waals surface area contributed by atoms with Crippen molar-refractivity contribution in [3.63, 3.8) is 0 Å². The minimum Gasteiger partial charge on any atom is -0.480 e. The molecule has 4 aromatic rings. The van der Waals surface area contributed by atoms with E-state index < -0.39 is 89.5 Å². The number of pyridine rings is 4. The first-order valence-corrected chi connectivity index (χ1v) is 22.7. The van der Waals surface area contributed by atoms with Crippen LogP contribution in [0.2, 0.25) is 0 Å². The topological polar surface area (TPSA) is 244 Å². The van der Waals surface area contributed by atoms with E-state index in [2.05, 4.69) is 24.7 Å². The summed E-state index contributed by atoms with van der Waals surface area (Å²) in [5.41, 5.74) is 3.99. The molecule has 4 aromatic heterocycles. The second kappa shape index (κ2) is 26.1. The summed E-state index contributed by atoms with van der Waals surface area (Å²) < 4.78 is 123. The van der Waals surface area contributed by atoms with Gasteiger partial charge in [-0.2, -0.15) is 26.3 Å². The Morgan fingerprint density at radius 3 is 1.38 bits per heavy atom. The van der Waals surface area contributed by atoms with Crippen LogP contribution < -0.4 is 5.73 Å². The predicted octanol–water partition coefficient (Wildman–Crippen LogP) is 9.05. The Morgan fingerprint density at radius 1 is 0.632 bits per heavy atom. The highest BCUT2D eigenvalue weighted by Crippen LogP contribution is 2.33. The summed E-state index contributed by atoms with van der Waals surface area (Å²) in [7, 11) is 2.35. The molecule has 2 saturated heterocycles. The van der Waals surface area contributed by atoms with Crippen LogP contribution in [0, 0.1) is 0 Å². The van der Waals surface area contributed by atoms with Crippen LogP contribution >= 0.6 is 12.4 Å². The number of likely N-dealkylation sites (tertiary alicyclic amines) is 2. The summed E-state index contributed by atoms with van der Waals surface area (Å²) in [6.45, 7) is 9.67. The first-order valence-electron chi connectivity index (χ1n) is 22.7. The fourth-order valence-corrected chi connectivity index (χ4v) is 7.28. The van der Waals surface area contributed by atoms with Gasteiger partial charge in [-0.15, -0.1) is 12.4 Å². The van der Waals surface area contributed by atoms with Crippen molar-refractivity contribution < 1.29 is 87.9 Å². The number of carbonyl (C=O) groups is 6. The van der Waals surface area contributed by atoms with Gasteiger partial charge in [-0.1, -0.05) is 12.1 Å². The average Bonchev–Trinajstić information content (AvgIpc) is 3.94. The molecule has 18 nitrogen and oxygen atoms in total. The molecule has 4 atom stereocenters. The Balaban J connectivity index is 0.000000330. The number of aliphatic carboxylic acids is 1. The normalized spacial score (nSPS) is 17.4. The number of amides is 2. The van der Waals surface area contributed by atoms with Crippen molar-refractivity contribution in [3.8, 4) is 22.3 Å². The van der Waals surface area contributed by atoms with E-state index in [4.69, 9.17) is 25.1 Å². The molecule has 76 heavy (non-hydrogen) atoms. The minimum atomic E-state index is -4.63. The molecule has 2 amide bonds. The van der Waals surface area contributed by atoms with Crippen molar-refractivity contribution in [2.45, 2.75) is 122 Å². The van der Waals surface area contributed by atoms with Gasteiger partial charge in [-0.25, -0.2) is 32.8 Å². The van der Waals surface area contributed by atoms with Crippen LogP contribution in [0.5, 0.6) is 0 Å². The molecule has 0 aliphatic carbocycles. The number of alkyl halides is 8. The zero-order valence-corrected chi connectivity index (χ0v) is 43.1. The fraction of sp³-hybridized carbons (Fsp3) is 0.469. The predicted molar refractivity (Wildman–Crippen MR) is 256 cm³/mol. The van der Waals surface area contributed by atoms with Gasteiger partial charge in [0.2, 0.25) is 0 Å². The molecule has 1 unspecified atom stereocenters. The molecule has 416 valence electrons. The lowest BCUT2D eigenvalue weighted by molar-refractivity contribution is -0.142. The van der Waals surface area contributed by atoms with Crippen LogP contribution in [0.25, 0.3) is 22.3 Å². The summed E-state index contributed by atoms with van der Waals surface area (Å²) >= 11 is 0. The van der Waals surface area contributed by atoms with E-state index in [1.807, 2.05) is 0 Å². The number of Topliss-reactive ketones (excluding diaryl/α,β-unsaturated/α-hetero) is 1. The number of ketones is 1. The number of nitrogens with zero attached hydrogens (tertiary/aromatic N) is 6. The molecule has 27 heteroatoms. The third-order valence-electron chi connectivity index (χ3n) is 10.7. The van der Waals surface area contributed by atoms with E-state index in [0.29, 0.717) is 22.5 Å². The Morgan fingerprint density at radius 2 is 1.03 bits per heavy atom. The minimum absolute atomic E-state index is 0. The standard InChI is InChI=1S/C25H27F4N3O5.C14H12F3N3O2.C10H16FNO4.ClH/c1-24(2,3)37-23(35)32-13-15(26)9-19(32)20(33)7-6-16-10-17(18(12-30-16)22(34)36-4)14-5-8-21(31-11-14)25(27,28)29;1-22-13(21)11-7-19-9(5-18)4-10(11)8-2-3-12(20-6-8)14(15,16)17;1-10(2,3)16-9(15)12-5-6(11)4-7(12)8(13)14;/h5,8,10-12,15,19H,6-7,9,13H2,1-4H3;2-4,6-7H,5,18H2,1H3;6-7H,4-5H2,1-3H3,(H,13,14);1H/t15-,19?;;6-,7+;/m1.1./s1. The molecule has 0 saturated carbocycles. The smallest absolute Gasteiger partial charge is 0.433 e. The van der Waals surface area contributed by atoms with E-state index in [1.54, 1.807) is 41.5 Å². The van der Waals surface area contributed by atoms with Crippen LogP contribution in [0.1, 0.15) is 104 Å². The molecule has 3 N–H and O–H groups in total. The van der Waals surface area contributed by atoms with Gasteiger partial charge in [-0.3, -0.25) is 34.5 Å². The Kier molecular flexibility index (Phi) is 21.7. The Hall–Kier alpha value is -7.09. The number of ether oxygens (including phenoxy) is 4. The van der Waals surface area contributed by atoms with Crippen LogP contribution in [-0.4, -0.2) is 134 Å². The molecule has 6 rings (SSSR count). The molecule has 0 bridgehead atoms. The molecular weight excluding hydrogens is 1050 g/mol.